The molecule has 0 saturated heterocycles. The zero-order valence-electron chi connectivity index (χ0n) is 28.7. The van der Waals surface area contributed by atoms with Crippen molar-refractivity contribution in [2.75, 3.05) is 13.2 Å². The largest absolute Gasteiger partial charge is 0.490 e. The van der Waals surface area contributed by atoms with Gasteiger partial charge >= 0.3 is 0 Å². The first kappa shape index (κ1) is 40.2. The van der Waals surface area contributed by atoms with Crippen molar-refractivity contribution < 1.29 is 18.3 Å². The third kappa shape index (κ3) is 13.2. The highest BCUT2D eigenvalue weighted by Gasteiger charge is 2.30. The molecular formula is C38H66F2O2. The van der Waals surface area contributed by atoms with Crippen LogP contribution in [0.1, 0.15) is 132 Å². The van der Waals surface area contributed by atoms with E-state index in [1.807, 2.05) is 61.5 Å². The summed E-state index contributed by atoms with van der Waals surface area (Å²) in [6.07, 6.45) is 18.4. The van der Waals surface area contributed by atoms with Crippen molar-refractivity contribution in [3.05, 3.63) is 49.1 Å². The van der Waals surface area contributed by atoms with Gasteiger partial charge in [0.2, 0.25) is 11.6 Å². The first-order chi connectivity index (χ1) is 20.6. The van der Waals surface area contributed by atoms with Gasteiger partial charge in [-0.2, -0.15) is 8.78 Å². The van der Waals surface area contributed by atoms with E-state index in [0.717, 1.165) is 50.4 Å². The Bertz CT molecular complexity index is 800. The van der Waals surface area contributed by atoms with Crippen LogP contribution in [0, 0.1) is 47.1 Å². The molecule has 4 rings (SSSR count). The number of hydrogen-bond donors (Lipinski definition) is 0. The average molecular weight is 593 g/mol. The van der Waals surface area contributed by atoms with Crippen LogP contribution in [-0.2, 0) is 0 Å². The maximum Gasteiger partial charge on any atom is 0.204 e. The van der Waals surface area contributed by atoms with Gasteiger partial charge in [0, 0.05) is 0 Å². The fourth-order valence-corrected chi connectivity index (χ4v) is 6.42. The highest BCUT2D eigenvalue weighted by atomic mass is 19.2. The van der Waals surface area contributed by atoms with Crippen molar-refractivity contribution in [2.45, 2.75) is 132 Å². The van der Waals surface area contributed by atoms with E-state index in [1.54, 1.807) is 0 Å². The minimum absolute atomic E-state index is 0.00112. The molecule has 42 heavy (non-hydrogen) atoms. The second-order valence-electron chi connectivity index (χ2n) is 11.0. The van der Waals surface area contributed by atoms with Gasteiger partial charge < -0.3 is 9.47 Å². The molecule has 0 bridgehead atoms. The van der Waals surface area contributed by atoms with E-state index in [1.165, 1.54) is 50.7 Å². The number of benzene rings is 1. The van der Waals surface area contributed by atoms with Gasteiger partial charge in [-0.1, -0.05) is 67.5 Å². The van der Waals surface area contributed by atoms with Crippen LogP contribution in [0.5, 0.6) is 11.5 Å². The second-order valence-corrected chi connectivity index (χ2v) is 11.0. The molecule has 0 aliphatic heterocycles. The second kappa shape index (κ2) is 24.6. The molecule has 1 aromatic rings. The van der Waals surface area contributed by atoms with Crippen LogP contribution < -0.4 is 9.47 Å². The van der Waals surface area contributed by atoms with Crippen LogP contribution in [0.2, 0.25) is 0 Å². The highest BCUT2D eigenvalue weighted by Crippen LogP contribution is 2.42. The number of halogens is 2. The number of allylic oxidation sites excluding steroid dienone is 2. The molecule has 0 amide bonds. The lowest BCUT2D eigenvalue weighted by Crippen LogP contribution is -2.27. The van der Waals surface area contributed by atoms with Crippen molar-refractivity contribution in [1.82, 2.24) is 0 Å². The molecule has 0 heterocycles. The molecule has 0 aromatic heterocycles. The Morgan fingerprint density at radius 1 is 0.548 bits per heavy atom. The molecular weight excluding hydrogens is 526 g/mol. The molecule has 0 atom stereocenters. The molecule has 3 aliphatic rings. The number of hydrogen-bond acceptors (Lipinski definition) is 2. The first-order valence-corrected chi connectivity index (χ1v) is 17.6. The Labute approximate surface area is 259 Å². The van der Waals surface area contributed by atoms with Crippen LogP contribution in [0.25, 0.3) is 0 Å². The minimum atomic E-state index is -0.934. The molecule has 3 saturated carbocycles. The Hall–Kier alpha value is -1.84. The molecule has 4 heteroatoms. The SMILES string of the molecule is C=CC1CCC(COc2ccc(OCC3CCC(C4CCC(C=C)CC4)CC3)c(F)c2F)CC1.CC.CC.CC.CC. The van der Waals surface area contributed by atoms with E-state index in [2.05, 4.69) is 19.2 Å². The summed E-state index contributed by atoms with van der Waals surface area (Å²) in [7, 11) is 0. The van der Waals surface area contributed by atoms with E-state index in [4.69, 9.17) is 9.47 Å². The summed E-state index contributed by atoms with van der Waals surface area (Å²) in [5, 5.41) is 0. The fourth-order valence-electron chi connectivity index (χ4n) is 6.42. The van der Waals surface area contributed by atoms with E-state index >= 15 is 0 Å². The molecule has 0 radical (unpaired) electrons. The first-order valence-electron chi connectivity index (χ1n) is 17.6. The summed E-state index contributed by atoms with van der Waals surface area (Å²) in [6, 6.07) is 3.03. The number of ether oxygens (including phenoxy) is 2. The van der Waals surface area contributed by atoms with Crippen molar-refractivity contribution >= 4 is 0 Å². The number of rotatable bonds is 9. The molecule has 244 valence electrons. The molecule has 0 spiro atoms. The Morgan fingerprint density at radius 2 is 0.833 bits per heavy atom. The average Bonchev–Trinajstić information content (AvgIpc) is 3.09. The molecule has 3 fully saturated rings. The van der Waals surface area contributed by atoms with Crippen molar-refractivity contribution in [3.8, 4) is 11.5 Å². The van der Waals surface area contributed by atoms with Gasteiger partial charge in [0.05, 0.1) is 13.2 Å². The Balaban J connectivity index is 0.00000194. The van der Waals surface area contributed by atoms with E-state index in [-0.39, 0.29) is 11.5 Å². The topological polar surface area (TPSA) is 18.5 Å². The van der Waals surface area contributed by atoms with Gasteiger partial charge in [-0.3, -0.25) is 0 Å². The third-order valence-electron chi connectivity index (χ3n) is 8.89. The summed E-state index contributed by atoms with van der Waals surface area (Å²) in [4.78, 5) is 0. The van der Waals surface area contributed by atoms with Crippen molar-refractivity contribution in [1.29, 1.82) is 0 Å². The molecule has 0 unspecified atom stereocenters. The summed E-state index contributed by atoms with van der Waals surface area (Å²) < 4.78 is 40.7. The standard InChI is InChI=1S/C30H42F2O2.4C2H6/c1-3-21-5-7-23(8-6-21)19-33-27-17-18-28(30(32)29(27)31)34-20-24-11-15-26(16-12-24)25-13-9-22(4-2)10-14-25;4*1-2/h3-4,17-18,21-26H,1-2,5-16,19-20H2;4*1-2H3. The smallest absolute Gasteiger partial charge is 0.204 e. The lowest BCUT2D eigenvalue weighted by molar-refractivity contribution is 0.127. The summed E-state index contributed by atoms with van der Waals surface area (Å²) in [5.41, 5.74) is 0. The van der Waals surface area contributed by atoms with Crippen LogP contribution >= 0.6 is 0 Å². The zero-order chi connectivity index (χ0) is 31.9. The zero-order valence-corrected chi connectivity index (χ0v) is 28.7. The fraction of sp³-hybridized carbons (Fsp3) is 0.737. The maximum atomic E-state index is 14.6. The summed E-state index contributed by atoms with van der Waals surface area (Å²) in [6.45, 7) is 24.7. The monoisotopic (exact) mass is 593 g/mol. The van der Waals surface area contributed by atoms with Crippen molar-refractivity contribution in [3.63, 3.8) is 0 Å². The molecule has 0 N–H and O–H groups in total. The summed E-state index contributed by atoms with van der Waals surface area (Å²) in [5.74, 6) is 1.90. The predicted molar refractivity (Wildman–Crippen MR) is 179 cm³/mol. The van der Waals surface area contributed by atoms with E-state index in [9.17, 15) is 8.78 Å². The van der Waals surface area contributed by atoms with Crippen LogP contribution in [0.3, 0.4) is 0 Å². The minimum Gasteiger partial charge on any atom is -0.490 e. The van der Waals surface area contributed by atoms with Crippen LogP contribution in [0.4, 0.5) is 8.78 Å². The Kier molecular flexibility index (Phi) is 23.5. The van der Waals surface area contributed by atoms with Gasteiger partial charge in [0.1, 0.15) is 0 Å². The predicted octanol–water partition coefficient (Wildman–Crippen LogP) is 12.6. The highest BCUT2D eigenvalue weighted by molar-refractivity contribution is 5.35. The quantitative estimate of drug-likeness (QED) is 0.266. The molecule has 3 aliphatic carbocycles. The Morgan fingerprint density at radius 3 is 1.17 bits per heavy atom. The van der Waals surface area contributed by atoms with Crippen molar-refractivity contribution in [2.24, 2.45) is 35.5 Å². The van der Waals surface area contributed by atoms with Gasteiger partial charge in [0.15, 0.2) is 11.5 Å². The lowest BCUT2D eigenvalue weighted by atomic mass is 9.69. The van der Waals surface area contributed by atoms with Gasteiger partial charge in [-0.05, 0) is 125 Å². The van der Waals surface area contributed by atoms with Gasteiger partial charge in [0.25, 0.3) is 0 Å². The van der Waals surface area contributed by atoms with E-state index < -0.39 is 11.6 Å². The van der Waals surface area contributed by atoms with E-state index in [0.29, 0.717) is 36.9 Å². The van der Waals surface area contributed by atoms with Gasteiger partial charge in [-0.25, -0.2) is 0 Å². The normalized spacial score (nSPS) is 26.5. The summed E-state index contributed by atoms with van der Waals surface area (Å²) >= 11 is 0. The third-order valence-corrected chi connectivity index (χ3v) is 8.89. The lowest BCUT2D eigenvalue weighted by Gasteiger charge is -2.37. The van der Waals surface area contributed by atoms with Crippen LogP contribution in [0.15, 0.2) is 37.4 Å². The maximum absolute atomic E-state index is 14.6. The van der Waals surface area contributed by atoms with Crippen LogP contribution in [-0.4, -0.2) is 13.2 Å². The van der Waals surface area contributed by atoms with Gasteiger partial charge in [-0.15, -0.1) is 13.2 Å². The molecule has 1 aromatic carbocycles. The molecule has 2 nitrogen and oxygen atoms in total.